The summed E-state index contributed by atoms with van der Waals surface area (Å²) in [5.74, 6) is 0. The molecule has 0 aromatic carbocycles. The zero-order valence-corrected chi connectivity index (χ0v) is 11.7. The van der Waals surface area contributed by atoms with Crippen LogP contribution < -0.4 is 0 Å². The van der Waals surface area contributed by atoms with Crippen molar-refractivity contribution in [1.82, 2.24) is 4.90 Å². The van der Waals surface area contributed by atoms with Crippen LogP contribution in [0.3, 0.4) is 0 Å². The number of rotatable bonds is 6. The molecule has 0 aliphatic carbocycles. The van der Waals surface area contributed by atoms with E-state index in [4.69, 9.17) is 4.52 Å². The summed E-state index contributed by atoms with van der Waals surface area (Å²) in [7, 11) is -3.78. The van der Waals surface area contributed by atoms with Gasteiger partial charge in [-0.1, -0.05) is 0 Å². The fourth-order valence-corrected chi connectivity index (χ4v) is 2.13. The first-order valence-corrected chi connectivity index (χ1v) is 8.36. The first-order valence-electron chi connectivity index (χ1n) is 5.41. The van der Waals surface area contributed by atoms with Crippen LogP contribution in [0.5, 0.6) is 0 Å². The molecule has 0 bridgehead atoms. The molecule has 0 aliphatic heterocycles. The molecule has 0 unspecified atom stereocenters. The van der Waals surface area contributed by atoms with Gasteiger partial charge in [-0.2, -0.15) is 0 Å². The second-order valence-corrected chi connectivity index (χ2v) is 9.11. The van der Waals surface area contributed by atoms with Crippen molar-refractivity contribution in [3.05, 3.63) is 0 Å². The number of hydrogen-bond donors (Lipinski definition) is 2. The second kappa shape index (κ2) is 5.07. The standard InChI is InChI=1S/C10H26NO3P/c1-9(2)11(10(3)4)7-8-14-15(5,6,12)13/h9-10,12-13H,7-8H2,1-6H3. The van der Waals surface area contributed by atoms with Crippen LogP contribution in [0.15, 0.2) is 0 Å². The molecule has 0 amide bonds. The Kier molecular flexibility index (Phi) is 5.16. The fourth-order valence-electron chi connectivity index (χ4n) is 1.52. The summed E-state index contributed by atoms with van der Waals surface area (Å²) in [5.41, 5.74) is 0. The van der Waals surface area contributed by atoms with E-state index in [2.05, 4.69) is 32.6 Å². The second-order valence-electron chi connectivity index (χ2n) is 5.12. The van der Waals surface area contributed by atoms with Gasteiger partial charge in [-0.05, 0) is 0 Å². The van der Waals surface area contributed by atoms with E-state index in [1.54, 1.807) is 0 Å². The molecule has 0 heterocycles. The summed E-state index contributed by atoms with van der Waals surface area (Å²) in [4.78, 5) is 21.3. The van der Waals surface area contributed by atoms with Crippen LogP contribution in [0, 0.1) is 0 Å². The van der Waals surface area contributed by atoms with Gasteiger partial charge in [-0.25, -0.2) is 0 Å². The van der Waals surface area contributed by atoms with E-state index in [1.165, 1.54) is 13.3 Å². The quantitative estimate of drug-likeness (QED) is 0.692. The first kappa shape index (κ1) is 15.3. The van der Waals surface area contributed by atoms with Gasteiger partial charge >= 0.3 is 92.8 Å². The third-order valence-corrected chi connectivity index (χ3v) is 3.07. The Morgan fingerprint density at radius 2 is 1.47 bits per heavy atom. The van der Waals surface area contributed by atoms with Crippen LogP contribution >= 0.6 is 7.28 Å². The van der Waals surface area contributed by atoms with Crippen LogP contribution in [0.25, 0.3) is 0 Å². The van der Waals surface area contributed by atoms with E-state index < -0.39 is 7.28 Å². The van der Waals surface area contributed by atoms with Gasteiger partial charge in [-0.15, -0.1) is 0 Å². The Morgan fingerprint density at radius 3 is 1.73 bits per heavy atom. The molecule has 15 heavy (non-hydrogen) atoms. The molecule has 0 atom stereocenters. The fraction of sp³-hybridized carbons (Fsp3) is 1.00. The Labute approximate surface area is 93.4 Å². The van der Waals surface area contributed by atoms with Crippen LogP contribution in [-0.2, 0) is 4.52 Å². The minimum atomic E-state index is -3.78. The summed E-state index contributed by atoms with van der Waals surface area (Å²) in [5, 5.41) is 0. The van der Waals surface area contributed by atoms with Gasteiger partial charge < -0.3 is 0 Å². The third kappa shape index (κ3) is 8.12. The molecule has 0 radical (unpaired) electrons. The van der Waals surface area contributed by atoms with E-state index in [1.807, 2.05) is 0 Å². The van der Waals surface area contributed by atoms with E-state index in [9.17, 15) is 9.79 Å². The molecule has 5 heteroatoms. The first-order chi connectivity index (χ1) is 6.49. The van der Waals surface area contributed by atoms with Crippen molar-refractivity contribution in [2.24, 2.45) is 0 Å². The Morgan fingerprint density at radius 1 is 1.07 bits per heavy atom. The molecule has 0 aliphatic rings. The normalized spacial score (nSPS) is 16.1. The van der Waals surface area contributed by atoms with Gasteiger partial charge in [0.1, 0.15) is 0 Å². The monoisotopic (exact) mass is 239 g/mol. The van der Waals surface area contributed by atoms with Gasteiger partial charge in [0.05, 0.1) is 0 Å². The van der Waals surface area contributed by atoms with Crippen LogP contribution in [-0.4, -0.2) is 53.3 Å². The van der Waals surface area contributed by atoms with E-state index in [0.29, 0.717) is 18.7 Å². The summed E-state index contributed by atoms with van der Waals surface area (Å²) in [6, 6.07) is 0.872. The predicted octanol–water partition coefficient (Wildman–Crippen LogP) is 1.66. The van der Waals surface area contributed by atoms with Gasteiger partial charge in [0.15, 0.2) is 0 Å². The molecule has 0 rings (SSSR count). The molecule has 0 aromatic rings. The maximum atomic E-state index is 9.52. The molecule has 2 N–H and O–H groups in total. The van der Waals surface area contributed by atoms with Crippen molar-refractivity contribution in [1.29, 1.82) is 0 Å². The van der Waals surface area contributed by atoms with Crippen LogP contribution in [0.1, 0.15) is 27.7 Å². The van der Waals surface area contributed by atoms with Crippen molar-refractivity contribution in [2.75, 3.05) is 26.5 Å². The molecular formula is C10H26NO3P. The van der Waals surface area contributed by atoms with Gasteiger partial charge in [-0.3, -0.25) is 0 Å². The maximum absolute atomic E-state index is 9.52. The summed E-state index contributed by atoms with van der Waals surface area (Å²) >= 11 is 0. The molecule has 4 nitrogen and oxygen atoms in total. The SMILES string of the molecule is CC(C)N(CCOP(C)(C)(O)O)C(C)C. The zero-order valence-electron chi connectivity index (χ0n) is 10.8. The van der Waals surface area contributed by atoms with Gasteiger partial charge in [0.25, 0.3) is 0 Å². The average molecular weight is 239 g/mol. The summed E-state index contributed by atoms with van der Waals surface area (Å²) in [6.07, 6.45) is 0. The zero-order chi connectivity index (χ0) is 12.3. The number of hydrogen-bond acceptors (Lipinski definition) is 4. The average Bonchev–Trinajstić information content (AvgIpc) is 1.92. The van der Waals surface area contributed by atoms with E-state index in [-0.39, 0.29) is 0 Å². The van der Waals surface area contributed by atoms with Crippen molar-refractivity contribution < 1.29 is 14.3 Å². The Balaban J connectivity index is 4.04. The van der Waals surface area contributed by atoms with Crippen molar-refractivity contribution in [3.8, 4) is 0 Å². The topological polar surface area (TPSA) is 52.9 Å². The summed E-state index contributed by atoms with van der Waals surface area (Å²) < 4.78 is 5.15. The molecule has 0 saturated heterocycles. The Bertz CT molecular complexity index is 181. The number of nitrogens with zero attached hydrogens (tertiary/aromatic N) is 1. The molecular weight excluding hydrogens is 213 g/mol. The molecule has 0 saturated carbocycles. The van der Waals surface area contributed by atoms with Crippen molar-refractivity contribution in [3.63, 3.8) is 0 Å². The predicted molar refractivity (Wildman–Crippen MR) is 66.1 cm³/mol. The van der Waals surface area contributed by atoms with Crippen molar-refractivity contribution in [2.45, 2.75) is 39.8 Å². The van der Waals surface area contributed by atoms with Crippen molar-refractivity contribution >= 4 is 7.28 Å². The Hall–Kier alpha value is 0.270. The molecule has 94 valence electrons. The molecule has 0 fully saturated rings. The molecule has 0 aromatic heterocycles. The van der Waals surface area contributed by atoms with Gasteiger partial charge in [0, 0.05) is 0 Å². The van der Waals surface area contributed by atoms with Crippen LogP contribution in [0.2, 0.25) is 0 Å². The van der Waals surface area contributed by atoms with E-state index >= 15 is 0 Å². The third-order valence-electron chi connectivity index (χ3n) is 2.14. The summed E-state index contributed by atoms with van der Waals surface area (Å²) in [6.45, 7) is 12.3. The van der Waals surface area contributed by atoms with E-state index in [0.717, 1.165) is 6.54 Å². The van der Waals surface area contributed by atoms with Gasteiger partial charge in [0.2, 0.25) is 0 Å². The molecule has 0 spiro atoms. The minimum absolute atomic E-state index is 0.355. The van der Waals surface area contributed by atoms with Crippen LogP contribution in [0.4, 0.5) is 0 Å².